The lowest BCUT2D eigenvalue weighted by Gasteiger charge is -2.41. The zero-order chi connectivity index (χ0) is 20.9. The van der Waals surface area contributed by atoms with E-state index in [0.717, 1.165) is 37.2 Å². The van der Waals surface area contributed by atoms with Gasteiger partial charge in [-0.3, -0.25) is 14.4 Å². The van der Waals surface area contributed by atoms with Gasteiger partial charge in [0.15, 0.2) is 0 Å². The molecule has 158 valence electrons. The van der Waals surface area contributed by atoms with E-state index in [-0.39, 0.29) is 5.97 Å². The van der Waals surface area contributed by atoms with Crippen molar-refractivity contribution in [2.75, 3.05) is 26.8 Å². The highest BCUT2D eigenvalue weighted by Gasteiger charge is 2.43. The highest BCUT2D eigenvalue weighted by molar-refractivity contribution is 5.78. The van der Waals surface area contributed by atoms with E-state index < -0.39 is 5.41 Å². The highest BCUT2D eigenvalue weighted by atomic mass is 16.5. The van der Waals surface area contributed by atoms with Gasteiger partial charge in [-0.05, 0) is 64.3 Å². The standard InChI is InChI=1S/C23H33N3O3/c1-5-29-22(27)23(13-19-8-6-9-21(12-19)28-4)10-7-11-25(17-23)15-20-14-24-26(16-20)18(2)3/h6,8-9,12,14,16,18H,5,7,10-11,13,15,17H2,1-4H3. The van der Waals surface area contributed by atoms with E-state index in [1.54, 1.807) is 7.11 Å². The normalized spacial score (nSPS) is 20.0. The van der Waals surface area contributed by atoms with Gasteiger partial charge in [-0.15, -0.1) is 0 Å². The molecule has 2 aromatic rings. The molecule has 1 saturated heterocycles. The molecule has 1 aromatic carbocycles. The number of hydrogen-bond acceptors (Lipinski definition) is 5. The molecule has 6 heteroatoms. The van der Waals surface area contributed by atoms with Gasteiger partial charge in [0.25, 0.3) is 0 Å². The van der Waals surface area contributed by atoms with Gasteiger partial charge in [0.05, 0.1) is 25.3 Å². The van der Waals surface area contributed by atoms with Crippen molar-refractivity contribution >= 4 is 5.97 Å². The summed E-state index contributed by atoms with van der Waals surface area (Å²) >= 11 is 0. The lowest BCUT2D eigenvalue weighted by molar-refractivity contribution is -0.159. The number of rotatable bonds is 8. The maximum Gasteiger partial charge on any atom is 0.313 e. The fourth-order valence-electron chi connectivity index (χ4n) is 4.20. The Balaban J connectivity index is 1.79. The van der Waals surface area contributed by atoms with Crippen molar-refractivity contribution in [3.05, 3.63) is 47.8 Å². The number of methoxy groups -OCH3 is 1. The van der Waals surface area contributed by atoms with Crippen LogP contribution in [0.25, 0.3) is 0 Å². The molecular formula is C23H33N3O3. The molecule has 1 fully saturated rings. The topological polar surface area (TPSA) is 56.6 Å². The lowest BCUT2D eigenvalue weighted by Crippen LogP contribution is -2.49. The number of ether oxygens (including phenoxy) is 2. The summed E-state index contributed by atoms with van der Waals surface area (Å²) in [6.07, 6.45) is 6.51. The number of esters is 1. The number of hydrogen-bond donors (Lipinski definition) is 0. The molecule has 3 rings (SSSR count). The predicted molar refractivity (Wildman–Crippen MR) is 113 cm³/mol. The third-order valence-electron chi connectivity index (χ3n) is 5.63. The van der Waals surface area contributed by atoms with Crippen LogP contribution in [0.1, 0.15) is 50.8 Å². The zero-order valence-corrected chi connectivity index (χ0v) is 18.1. The van der Waals surface area contributed by atoms with Crippen LogP contribution in [0.5, 0.6) is 5.75 Å². The van der Waals surface area contributed by atoms with Gasteiger partial charge in [0, 0.05) is 30.9 Å². The van der Waals surface area contributed by atoms with E-state index in [2.05, 4.69) is 36.1 Å². The average molecular weight is 400 g/mol. The average Bonchev–Trinajstić information content (AvgIpc) is 3.17. The van der Waals surface area contributed by atoms with Gasteiger partial charge in [-0.1, -0.05) is 12.1 Å². The van der Waals surface area contributed by atoms with Crippen molar-refractivity contribution in [1.29, 1.82) is 0 Å². The Kier molecular flexibility index (Phi) is 6.96. The fraction of sp³-hybridized carbons (Fsp3) is 0.565. The van der Waals surface area contributed by atoms with Gasteiger partial charge in [0.1, 0.15) is 5.75 Å². The van der Waals surface area contributed by atoms with E-state index in [1.165, 1.54) is 5.56 Å². The quantitative estimate of drug-likeness (QED) is 0.631. The molecule has 1 aliphatic rings. The first-order valence-corrected chi connectivity index (χ1v) is 10.5. The maximum atomic E-state index is 13.1. The number of aromatic nitrogens is 2. The molecule has 1 aromatic heterocycles. The Bertz CT molecular complexity index is 817. The Hall–Kier alpha value is -2.34. The van der Waals surface area contributed by atoms with Gasteiger partial charge in [0.2, 0.25) is 0 Å². The molecule has 0 spiro atoms. The van der Waals surface area contributed by atoms with Crippen LogP contribution >= 0.6 is 0 Å². The summed E-state index contributed by atoms with van der Waals surface area (Å²) in [5, 5.41) is 4.45. The predicted octanol–water partition coefficient (Wildman–Crippen LogP) is 3.86. The lowest BCUT2D eigenvalue weighted by atomic mass is 9.75. The Morgan fingerprint density at radius 2 is 2.14 bits per heavy atom. The van der Waals surface area contributed by atoms with Crippen LogP contribution in [0.15, 0.2) is 36.7 Å². The van der Waals surface area contributed by atoms with Crippen LogP contribution < -0.4 is 4.74 Å². The van der Waals surface area contributed by atoms with Crippen LogP contribution in [0.4, 0.5) is 0 Å². The van der Waals surface area contributed by atoms with E-state index in [4.69, 9.17) is 9.47 Å². The van der Waals surface area contributed by atoms with Crippen LogP contribution in [-0.4, -0.2) is 47.5 Å². The monoisotopic (exact) mass is 399 g/mol. The summed E-state index contributed by atoms with van der Waals surface area (Å²) < 4.78 is 12.9. The van der Waals surface area contributed by atoms with Crippen molar-refractivity contribution in [2.24, 2.45) is 5.41 Å². The Morgan fingerprint density at radius 3 is 2.83 bits per heavy atom. The summed E-state index contributed by atoms with van der Waals surface area (Å²) in [6.45, 7) is 8.99. The highest BCUT2D eigenvalue weighted by Crippen LogP contribution is 2.36. The van der Waals surface area contributed by atoms with Crippen LogP contribution in [0.3, 0.4) is 0 Å². The van der Waals surface area contributed by atoms with E-state index in [9.17, 15) is 4.79 Å². The molecule has 1 unspecified atom stereocenters. The molecule has 6 nitrogen and oxygen atoms in total. The molecular weight excluding hydrogens is 366 g/mol. The number of piperidine rings is 1. The first kappa shape index (κ1) is 21.4. The van der Waals surface area contributed by atoms with Gasteiger partial charge >= 0.3 is 5.97 Å². The Labute approximate surface area is 173 Å². The summed E-state index contributed by atoms with van der Waals surface area (Å²) in [4.78, 5) is 15.4. The van der Waals surface area contributed by atoms with E-state index in [0.29, 0.717) is 25.6 Å². The molecule has 1 aliphatic heterocycles. The smallest absolute Gasteiger partial charge is 0.313 e. The largest absolute Gasteiger partial charge is 0.497 e. The van der Waals surface area contributed by atoms with Crippen molar-refractivity contribution in [2.45, 2.75) is 52.6 Å². The SMILES string of the molecule is CCOC(=O)C1(Cc2cccc(OC)c2)CCCN(Cc2cnn(C(C)C)c2)C1. The second-order valence-corrected chi connectivity index (χ2v) is 8.27. The molecule has 0 N–H and O–H groups in total. The molecule has 0 radical (unpaired) electrons. The molecule has 1 atom stereocenters. The second kappa shape index (κ2) is 9.44. The van der Waals surface area contributed by atoms with Crippen molar-refractivity contribution in [3.63, 3.8) is 0 Å². The van der Waals surface area contributed by atoms with Crippen molar-refractivity contribution in [1.82, 2.24) is 14.7 Å². The summed E-state index contributed by atoms with van der Waals surface area (Å²) in [7, 11) is 1.67. The first-order valence-electron chi connectivity index (χ1n) is 10.5. The van der Waals surface area contributed by atoms with E-state index in [1.807, 2.05) is 36.0 Å². The fourth-order valence-corrected chi connectivity index (χ4v) is 4.20. The second-order valence-electron chi connectivity index (χ2n) is 8.27. The van der Waals surface area contributed by atoms with Crippen LogP contribution in [-0.2, 0) is 22.5 Å². The molecule has 0 amide bonds. The minimum absolute atomic E-state index is 0.0922. The zero-order valence-electron chi connectivity index (χ0n) is 18.1. The van der Waals surface area contributed by atoms with Crippen LogP contribution in [0.2, 0.25) is 0 Å². The molecule has 2 heterocycles. The number of nitrogens with zero attached hydrogens (tertiary/aromatic N) is 3. The minimum atomic E-state index is -0.533. The summed E-state index contributed by atoms with van der Waals surface area (Å²) in [6, 6.07) is 8.34. The van der Waals surface area contributed by atoms with Crippen LogP contribution in [0, 0.1) is 5.41 Å². The molecule has 0 saturated carbocycles. The number of benzene rings is 1. The first-order chi connectivity index (χ1) is 14.0. The number of carbonyl (C=O) groups is 1. The minimum Gasteiger partial charge on any atom is -0.497 e. The summed E-state index contributed by atoms with van der Waals surface area (Å²) in [5.41, 5.74) is 1.75. The summed E-state index contributed by atoms with van der Waals surface area (Å²) in [5.74, 6) is 0.723. The third kappa shape index (κ3) is 5.18. The van der Waals surface area contributed by atoms with Gasteiger partial charge in [-0.25, -0.2) is 0 Å². The van der Waals surface area contributed by atoms with Gasteiger partial charge < -0.3 is 9.47 Å². The Morgan fingerprint density at radius 1 is 1.31 bits per heavy atom. The van der Waals surface area contributed by atoms with Crippen molar-refractivity contribution < 1.29 is 14.3 Å². The molecule has 29 heavy (non-hydrogen) atoms. The van der Waals surface area contributed by atoms with Crippen molar-refractivity contribution in [3.8, 4) is 5.75 Å². The van der Waals surface area contributed by atoms with Gasteiger partial charge in [-0.2, -0.15) is 5.10 Å². The third-order valence-corrected chi connectivity index (χ3v) is 5.63. The maximum absolute atomic E-state index is 13.1. The molecule has 0 bridgehead atoms. The van der Waals surface area contributed by atoms with E-state index >= 15 is 0 Å². The number of carbonyl (C=O) groups excluding carboxylic acids is 1. The number of likely N-dealkylation sites (tertiary alicyclic amines) is 1. The molecule has 0 aliphatic carbocycles.